The molecule has 12 nitrogen and oxygen atoms in total. The Balaban J connectivity index is 0.000000147. The molecule has 18 rings (SSSR count). The van der Waals surface area contributed by atoms with Crippen molar-refractivity contribution >= 4 is 204 Å². The number of hydrogen-bond acceptors (Lipinski definition) is 12. The van der Waals surface area contributed by atoms with E-state index in [4.69, 9.17) is 59.8 Å². The molecular weight excluding hydrogens is 2100 g/mol. The second-order valence-electron chi connectivity index (χ2n) is 28.0. The SMILES string of the molecule is Cc1ccccc1.Cc1ccccc1.Ic1ccc([B-](c2ccccn2)(c2ccccn2)c2ccccn2)cc1.Ic1ccc([B-](c2ccccn2)(c2ccccn2)c2ccccn2)cc1.Ic1ccc([B-](c2ccccn2)(c2ccccn2)c2ccccn2)cc1.Ic1ccc([B-](c2ccccn2)(c2ccccn2)c2ccccn2)cc1.[Ru+2].[Ru+2]. The van der Waals surface area contributed by atoms with E-state index in [0.29, 0.717) is 0 Å². The van der Waals surface area contributed by atoms with Gasteiger partial charge in [-0.3, -0.25) is 0 Å². The van der Waals surface area contributed by atoms with Crippen LogP contribution in [0, 0.1) is 28.1 Å². The monoisotopic (exact) mass is 2180 g/mol. The van der Waals surface area contributed by atoms with E-state index in [2.05, 4.69) is 298 Å². The van der Waals surface area contributed by atoms with E-state index in [0.717, 1.165) is 89.0 Å². The number of pyridine rings is 12. The molecule has 588 valence electrons. The standard InChI is InChI=1S/4C21H16BIN3.2C7H8.2Ru/c4*23-18-12-10-17(11-13-18)22(19-7-1-4-14-24-19,20-8-2-5-15-25-20)21-9-3-6-16-26-21;2*1-7-5-3-2-4-6-7;;/h4*1-16H;2*2-6H,1H3;;/q4*-1;;;2*+2. The first-order valence-corrected chi connectivity index (χ1v) is 43.0. The van der Waals surface area contributed by atoms with Gasteiger partial charge in [0, 0.05) is 88.6 Å². The number of benzene rings is 6. The zero-order valence-electron chi connectivity index (χ0n) is 65.6. The number of halogens is 4. The van der Waals surface area contributed by atoms with Crippen molar-refractivity contribution in [3.63, 3.8) is 0 Å². The van der Waals surface area contributed by atoms with Crippen LogP contribution in [0.5, 0.6) is 0 Å². The van der Waals surface area contributed by atoms with Crippen LogP contribution in [0.2, 0.25) is 0 Å². The van der Waals surface area contributed by atoms with Crippen molar-refractivity contribution in [2.75, 3.05) is 0 Å². The number of aryl methyl sites for hydroxylation is 2. The zero-order valence-corrected chi connectivity index (χ0v) is 77.7. The summed E-state index contributed by atoms with van der Waals surface area (Å²) in [6, 6.07) is 127. The molecule has 0 spiro atoms. The maximum atomic E-state index is 4.75. The Morgan fingerprint density at radius 1 is 0.150 bits per heavy atom. The minimum Gasteiger partial charge on any atom is -0.302 e. The van der Waals surface area contributed by atoms with E-state index in [1.807, 2.05) is 256 Å². The van der Waals surface area contributed by atoms with Crippen molar-refractivity contribution in [3.8, 4) is 0 Å². The maximum Gasteiger partial charge on any atom is 2.00 e. The minimum atomic E-state index is -1.57. The van der Waals surface area contributed by atoms with Gasteiger partial charge in [-0.1, -0.05) is 314 Å². The van der Waals surface area contributed by atoms with Gasteiger partial charge in [-0.2, -0.15) is 21.9 Å². The van der Waals surface area contributed by atoms with Gasteiger partial charge in [0.15, 0.2) is 24.6 Å². The van der Waals surface area contributed by atoms with Gasteiger partial charge in [0.2, 0.25) is 0 Å². The third kappa shape index (κ3) is 21.6. The molecule has 0 aliphatic heterocycles. The Morgan fingerprint density at radius 2 is 0.267 bits per heavy atom. The molecule has 0 saturated carbocycles. The first-order valence-electron chi connectivity index (χ1n) is 38.7. The molecule has 0 amide bonds. The minimum absolute atomic E-state index is 0. The topological polar surface area (TPSA) is 155 Å². The Kier molecular flexibility index (Phi) is 34.5. The molecule has 0 radical (unpaired) electrons. The number of nitrogens with zero attached hydrogens (tertiary/aromatic N) is 12. The van der Waals surface area contributed by atoms with Gasteiger partial charge in [0.05, 0.1) is 0 Å². The molecular formula is C98H80B4I4N12Ru2. The molecule has 12 heterocycles. The Morgan fingerprint density at radius 3 is 0.358 bits per heavy atom. The van der Waals surface area contributed by atoms with Crippen LogP contribution < -0.4 is 89.0 Å². The van der Waals surface area contributed by atoms with Crippen LogP contribution in [0.4, 0.5) is 0 Å². The van der Waals surface area contributed by atoms with E-state index in [-0.39, 0.29) is 39.0 Å². The Labute approximate surface area is 783 Å². The largest absolute Gasteiger partial charge is 2.00 e. The van der Waals surface area contributed by atoms with Gasteiger partial charge < -0.3 is 59.8 Å². The molecule has 0 unspecified atom stereocenters. The third-order valence-corrected chi connectivity index (χ3v) is 23.8. The number of rotatable bonds is 16. The summed E-state index contributed by atoms with van der Waals surface area (Å²) >= 11 is 9.32. The van der Waals surface area contributed by atoms with Crippen LogP contribution in [0.25, 0.3) is 0 Å². The molecule has 0 bridgehead atoms. The van der Waals surface area contributed by atoms with Gasteiger partial charge in [-0.25, -0.2) is 0 Å². The maximum absolute atomic E-state index is 4.75. The molecule has 12 aromatic heterocycles. The summed E-state index contributed by atoms with van der Waals surface area (Å²) in [7, 11) is 0. The van der Waals surface area contributed by atoms with Crippen LogP contribution in [0.3, 0.4) is 0 Å². The average Bonchev–Trinajstić information content (AvgIpc) is 0.756. The van der Waals surface area contributed by atoms with Crippen LogP contribution in [0.1, 0.15) is 11.1 Å². The average molecular weight is 2180 g/mol. The second-order valence-corrected chi connectivity index (χ2v) is 33.0. The summed E-state index contributed by atoms with van der Waals surface area (Å²) in [4.78, 5) is 57.0. The molecule has 120 heavy (non-hydrogen) atoms. The van der Waals surface area contributed by atoms with Crippen molar-refractivity contribution in [2.45, 2.75) is 13.8 Å². The van der Waals surface area contributed by atoms with Crippen LogP contribution in [0.15, 0.2) is 450 Å². The van der Waals surface area contributed by atoms with Crippen LogP contribution in [-0.2, 0) is 39.0 Å². The van der Waals surface area contributed by atoms with Crippen molar-refractivity contribution in [3.05, 3.63) is 476 Å². The van der Waals surface area contributed by atoms with E-state index < -0.39 is 24.6 Å². The second kappa shape index (κ2) is 45.8. The molecule has 0 fully saturated rings. The Bertz CT molecular complexity index is 4860. The van der Waals surface area contributed by atoms with Gasteiger partial charge in [0.25, 0.3) is 0 Å². The Hall–Kier alpha value is -10.5. The summed E-state index contributed by atoms with van der Waals surface area (Å²) in [5.74, 6) is 0. The summed E-state index contributed by atoms with van der Waals surface area (Å²) < 4.78 is 4.77. The van der Waals surface area contributed by atoms with Gasteiger partial charge >= 0.3 is 39.0 Å². The first-order chi connectivity index (χ1) is 58.0. The van der Waals surface area contributed by atoms with E-state index >= 15 is 0 Å². The summed E-state index contributed by atoms with van der Waals surface area (Å²) in [6.45, 7) is 4.17. The van der Waals surface area contributed by atoms with Crippen LogP contribution in [-0.4, -0.2) is 84.4 Å². The first kappa shape index (κ1) is 90.3. The van der Waals surface area contributed by atoms with E-state index in [1.54, 1.807) is 0 Å². The van der Waals surface area contributed by atoms with Crippen molar-refractivity contribution in [1.29, 1.82) is 0 Å². The number of hydrogen-bond donors (Lipinski definition) is 0. The predicted molar refractivity (Wildman–Crippen MR) is 527 cm³/mol. The molecule has 0 aliphatic carbocycles. The molecule has 0 saturated heterocycles. The fourth-order valence-electron chi connectivity index (χ4n) is 15.5. The molecule has 6 aromatic carbocycles. The van der Waals surface area contributed by atoms with Crippen LogP contribution >= 0.6 is 90.4 Å². The van der Waals surface area contributed by atoms with Gasteiger partial charge in [-0.15, -0.1) is 67.1 Å². The predicted octanol–water partition coefficient (Wildman–Crippen LogP) is 11.4. The molecule has 0 atom stereocenters. The summed E-state index contributed by atoms with van der Waals surface area (Å²) in [6.07, 6.45) is 15.8. The van der Waals surface area contributed by atoms with E-state index in [9.17, 15) is 0 Å². The fraction of sp³-hybridized carbons (Fsp3) is 0.0204. The van der Waals surface area contributed by atoms with E-state index in [1.165, 1.54) is 25.4 Å². The summed E-state index contributed by atoms with van der Waals surface area (Å²) in [5.41, 5.74) is 18.8. The molecule has 18 aromatic rings. The normalized spacial score (nSPS) is 10.8. The van der Waals surface area contributed by atoms with Crippen molar-refractivity contribution < 1.29 is 39.0 Å². The smallest absolute Gasteiger partial charge is 0.302 e. The van der Waals surface area contributed by atoms with Crippen molar-refractivity contribution in [2.24, 2.45) is 0 Å². The molecule has 0 N–H and O–H groups in total. The van der Waals surface area contributed by atoms with Crippen molar-refractivity contribution in [1.82, 2.24) is 59.8 Å². The number of aromatic nitrogens is 12. The van der Waals surface area contributed by atoms with Gasteiger partial charge in [-0.05, 0) is 177 Å². The fourth-order valence-corrected chi connectivity index (χ4v) is 17.0. The third-order valence-electron chi connectivity index (χ3n) is 20.9. The molecule has 0 aliphatic rings. The molecule has 22 heteroatoms. The van der Waals surface area contributed by atoms with Gasteiger partial charge in [0.1, 0.15) is 0 Å². The quantitative estimate of drug-likeness (QED) is 0.0668. The summed E-state index contributed by atoms with van der Waals surface area (Å²) in [5, 5.41) is 0. The zero-order chi connectivity index (χ0) is 81.5.